The summed E-state index contributed by atoms with van der Waals surface area (Å²) in [5, 5.41) is 0.401. The SMILES string of the molecule is C/C(Cl)=C/CP(=O)(O)O. The lowest BCUT2D eigenvalue weighted by molar-refractivity contribution is 0.377. The van der Waals surface area contributed by atoms with Gasteiger partial charge in [0.1, 0.15) is 0 Å². The van der Waals surface area contributed by atoms with Crippen LogP contribution in [0.2, 0.25) is 0 Å². The lowest BCUT2D eigenvalue weighted by atomic mass is 10.6. The Bertz CT molecular complexity index is 155. The fourth-order valence-corrected chi connectivity index (χ4v) is 0.941. The van der Waals surface area contributed by atoms with E-state index in [0.717, 1.165) is 0 Å². The van der Waals surface area contributed by atoms with Crippen molar-refractivity contribution in [3.8, 4) is 0 Å². The highest BCUT2D eigenvalue weighted by molar-refractivity contribution is 7.51. The predicted molar refractivity (Wildman–Crippen MR) is 36.5 cm³/mol. The highest BCUT2D eigenvalue weighted by Crippen LogP contribution is 2.34. The number of halogens is 1. The molecule has 0 radical (unpaired) electrons. The smallest absolute Gasteiger partial charge is 0.324 e. The van der Waals surface area contributed by atoms with Crippen LogP contribution in [0.3, 0.4) is 0 Å². The third kappa shape index (κ3) is 8.18. The zero-order valence-electron chi connectivity index (χ0n) is 4.91. The number of hydrogen-bond donors (Lipinski definition) is 2. The van der Waals surface area contributed by atoms with E-state index in [1.165, 1.54) is 6.08 Å². The molecule has 0 amide bonds. The van der Waals surface area contributed by atoms with Gasteiger partial charge in [-0.1, -0.05) is 17.7 Å². The minimum Gasteiger partial charge on any atom is -0.324 e. The Balaban J connectivity index is 3.79. The highest BCUT2D eigenvalue weighted by atomic mass is 35.5. The van der Waals surface area contributed by atoms with Crippen LogP contribution >= 0.6 is 19.2 Å². The molecule has 0 rings (SSSR count). The zero-order chi connectivity index (χ0) is 7.49. The van der Waals surface area contributed by atoms with Gasteiger partial charge in [0.05, 0.1) is 6.16 Å². The monoisotopic (exact) mass is 170 g/mol. The van der Waals surface area contributed by atoms with Crippen LogP contribution in [0.15, 0.2) is 11.1 Å². The van der Waals surface area contributed by atoms with Gasteiger partial charge >= 0.3 is 7.60 Å². The molecule has 54 valence electrons. The first-order valence-corrected chi connectivity index (χ1v) is 4.46. The number of allylic oxidation sites excluding steroid dienone is 2. The van der Waals surface area contributed by atoms with Crippen molar-refractivity contribution in [1.82, 2.24) is 0 Å². The quantitative estimate of drug-likeness (QED) is 0.615. The molecule has 0 bridgehead atoms. The molecule has 0 aliphatic carbocycles. The van der Waals surface area contributed by atoms with E-state index in [1.807, 2.05) is 0 Å². The molecule has 2 N–H and O–H groups in total. The van der Waals surface area contributed by atoms with Crippen LogP contribution in [0.5, 0.6) is 0 Å². The summed E-state index contributed by atoms with van der Waals surface area (Å²) in [7, 11) is -3.88. The number of hydrogen-bond acceptors (Lipinski definition) is 1. The normalized spacial score (nSPS) is 14.0. The third-order valence-electron chi connectivity index (χ3n) is 0.610. The molecule has 0 aliphatic heterocycles. The molecular weight excluding hydrogens is 162 g/mol. The standard InChI is InChI=1S/C4H8ClO3P/c1-4(5)2-3-9(6,7)8/h2H,3H2,1H3,(H2,6,7,8)/b4-2-. The van der Waals surface area contributed by atoms with Gasteiger partial charge in [0.15, 0.2) is 0 Å². The minimum atomic E-state index is -3.88. The molecule has 0 aliphatic rings. The van der Waals surface area contributed by atoms with Crippen LogP contribution in [-0.2, 0) is 4.57 Å². The summed E-state index contributed by atoms with van der Waals surface area (Å²) in [4.78, 5) is 16.5. The average molecular weight is 171 g/mol. The second-order valence-corrected chi connectivity index (χ2v) is 3.93. The van der Waals surface area contributed by atoms with Gasteiger partial charge < -0.3 is 9.79 Å². The molecule has 0 unspecified atom stereocenters. The lowest BCUT2D eigenvalue weighted by Gasteiger charge is -1.96. The largest absolute Gasteiger partial charge is 0.329 e. The van der Waals surface area contributed by atoms with E-state index in [1.54, 1.807) is 6.92 Å². The zero-order valence-corrected chi connectivity index (χ0v) is 6.56. The highest BCUT2D eigenvalue weighted by Gasteiger charge is 2.08. The molecule has 0 aromatic rings. The molecule has 9 heavy (non-hydrogen) atoms. The van der Waals surface area contributed by atoms with E-state index in [0.29, 0.717) is 5.03 Å². The van der Waals surface area contributed by atoms with Crippen LogP contribution in [0, 0.1) is 0 Å². The van der Waals surface area contributed by atoms with Gasteiger partial charge in [-0.25, -0.2) is 0 Å². The van der Waals surface area contributed by atoms with Crippen molar-refractivity contribution in [2.45, 2.75) is 6.92 Å². The van der Waals surface area contributed by atoms with Crippen LogP contribution in [0.25, 0.3) is 0 Å². The van der Waals surface area contributed by atoms with E-state index in [9.17, 15) is 4.57 Å². The molecule has 0 saturated carbocycles. The Kier molecular flexibility index (Phi) is 3.44. The van der Waals surface area contributed by atoms with Crippen LogP contribution in [-0.4, -0.2) is 15.9 Å². The third-order valence-corrected chi connectivity index (χ3v) is 1.42. The topological polar surface area (TPSA) is 57.5 Å². The first-order valence-electron chi connectivity index (χ1n) is 2.28. The van der Waals surface area contributed by atoms with Crippen molar-refractivity contribution in [3.63, 3.8) is 0 Å². The fourth-order valence-electron chi connectivity index (χ4n) is 0.245. The second-order valence-electron chi connectivity index (χ2n) is 1.64. The number of rotatable bonds is 2. The first-order chi connectivity index (χ1) is 3.92. The minimum absolute atomic E-state index is 0.275. The molecule has 0 spiro atoms. The Morgan fingerprint density at radius 1 is 1.78 bits per heavy atom. The van der Waals surface area contributed by atoms with Crippen LogP contribution in [0.1, 0.15) is 6.92 Å². The Labute approximate surface area is 58.5 Å². The molecule has 5 heteroatoms. The first kappa shape index (κ1) is 9.18. The van der Waals surface area contributed by atoms with Gasteiger partial charge in [0.25, 0.3) is 0 Å². The Morgan fingerprint density at radius 2 is 2.22 bits per heavy atom. The maximum absolute atomic E-state index is 10.1. The summed E-state index contributed by atoms with van der Waals surface area (Å²) in [6.07, 6.45) is 1.02. The van der Waals surface area contributed by atoms with E-state index < -0.39 is 7.60 Å². The molecule has 0 fully saturated rings. The molecule has 0 saturated heterocycles. The van der Waals surface area contributed by atoms with Crippen LogP contribution in [0.4, 0.5) is 0 Å². The van der Waals surface area contributed by atoms with Gasteiger partial charge in [-0.3, -0.25) is 4.57 Å². The molecule has 0 heterocycles. The maximum Gasteiger partial charge on any atom is 0.329 e. The lowest BCUT2D eigenvalue weighted by Crippen LogP contribution is -1.81. The predicted octanol–water partition coefficient (Wildman–Crippen LogP) is 1.31. The van der Waals surface area contributed by atoms with Crippen molar-refractivity contribution in [2.75, 3.05) is 6.16 Å². The van der Waals surface area contributed by atoms with E-state index >= 15 is 0 Å². The maximum atomic E-state index is 10.1. The average Bonchev–Trinajstić information content (AvgIpc) is 1.59. The van der Waals surface area contributed by atoms with Gasteiger partial charge in [0, 0.05) is 5.03 Å². The van der Waals surface area contributed by atoms with Gasteiger partial charge in [-0.05, 0) is 6.92 Å². The van der Waals surface area contributed by atoms with E-state index in [4.69, 9.17) is 21.4 Å². The van der Waals surface area contributed by atoms with E-state index in [2.05, 4.69) is 0 Å². The summed E-state index contributed by atoms with van der Waals surface area (Å²) < 4.78 is 10.1. The van der Waals surface area contributed by atoms with E-state index in [-0.39, 0.29) is 6.16 Å². The molecular formula is C4H8ClO3P. The summed E-state index contributed by atoms with van der Waals surface area (Å²) in [6, 6.07) is 0. The summed E-state index contributed by atoms with van der Waals surface area (Å²) in [6.45, 7) is 1.57. The Morgan fingerprint density at radius 3 is 2.33 bits per heavy atom. The van der Waals surface area contributed by atoms with Crippen molar-refractivity contribution in [3.05, 3.63) is 11.1 Å². The molecule has 0 atom stereocenters. The van der Waals surface area contributed by atoms with Crippen molar-refractivity contribution in [2.24, 2.45) is 0 Å². The summed E-state index contributed by atoms with van der Waals surface area (Å²) in [5.41, 5.74) is 0. The van der Waals surface area contributed by atoms with Crippen molar-refractivity contribution >= 4 is 19.2 Å². The van der Waals surface area contributed by atoms with Crippen molar-refractivity contribution in [1.29, 1.82) is 0 Å². The van der Waals surface area contributed by atoms with Gasteiger partial charge in [-0.15, -0.1) is 0 Å². The molecule has 0 aromatic heterocycles. The fraction of sp³-hybridized carbons (Fsp3) is 0.500. The second kappa shape index (κ2) is 3.37. The van der Waals surface area contributed by atoms with Crippen LogP contribution < -0.4 is 0 Å². The van der Waals surface area contributed by atoms with Gasteiger partial charge in [-0.2, -0.15) is 0 Å². The van der Waals surface area contributed by atoms with Gasteiger partial charge in [0.2, 0.25) is 0 Å². The summed E-state index contributed by atoms with van der Waals surface area (Å²) in [5.74, 6) is 0. The van der Waals surface area contributed by atoms with Crippen molar-refractivity contribution < 1.29 is 14.4 Å². The molecule has 3 nitrogen and oxygen atoms in total. The Hall–Kier alpha value is 0.180. The molecule has 0 aromatic carbocycles. The summed E-state index contributed by atoms with van der Waals surface area (Å²) >= 11 is 5.30.